The van der Waals surface area contributed by atoms with Crippen LogP contribution in [0.2, 0.25) is 0 Å². The molecule has 1 unspecified atom stereocenters. The molecule has 0 bridgehead atoms. The van der Waals surface area contributed by atoms with Gasteiger partial charge in [-0.2, -0.15) is 5.10 Å². The van der Waals surface area contributed by atoms with E-state index < -0.39 is 5.60 Å². The lowest BCUT2D eigenvalue weighted by atomic mass is 9.93. The van der Waals surface area contributed by atoms with Gasteiger partial charge in [-0.05, 0) is 30.7 Å². The van der Waals surface area contributed by atoms with E-state index in [1.54, 1.807) is 11.6 Å². The highest BCUT2D eigenvalue weighted by Gasteiger charge is 2.26. The van der Waals surface area contributed by atoms with Crippen LogP contribution in [0.5, 0.6) is 0 Å². The second kappa shape index (κ2) is 4.63. The number of benzene rings is 1. The Morgan fingerprint density at radius 1 is 1.29 bits per heavy atom. The lowest BCUT2D eigenvalue weighted by molar-refractivity contribution is 0.0524. The van der Waals surface area contributed by atoms with E-state index in [-0.39, 0.29) is 0 Å². The Kier molecular flexibility index (Phi) is 3.35. The highest BCUT2D eigenvalue weighted by Crippen LogP contribution is 2.24. The quantitative estimate of drug-likeness (QED) is 0.945. The average Bonchev–Trinajstić information content (AvgIpc) is 2.69. The summed E-state index contributed by atoms with van der Waals surface area (Å²) in [7, 11) is 1.85. The Bertz CT molecular complexity index is 502. The van der Waals surface area contributed by atoms with E-state index in [0.29, 0.717) is 12.1 Å². The topological polar surface area (TPSA) is 38.0 Å². The largest absolute Gasteiger partial charge is 0.383 e. The van der Waals surface area contributed by atoms with Crippen LogP contribution in [0.1, 0.15) is 18.2 Å². The second-order valence-corrected chi connectivity index (χ2v) is 5.37. The minimum absolute atomic E-state index is 0.553. The maximum Gasteiger partial charge on any atom is 0.110 e. The molecule has 0 saturated carbocycles. The van der Waals surface area contributed by atoms with Crippen LogP contribution in [0, 0.1) is 0 Å². The van der Waals surface area contributed by atoms with Crippen molar-refractivity contribution in [3.63, 3.8) is 0 Å². The summed E-state index contributed by atoms with van der Waals surface area (Å²) in [5, 5.41) is 14.7. The Balaban J connectivity index is 2.19. The van der Waals surface area contributed by atoms with Crippen LogP contribution in [-0.4, -0.2) is 14.9 Å². The lowest BCUT2D eigenvalue weighted by Gasteiger charge is -2.21. The van der Waals surface area contributed by atoms with Gasteiger partial charge in [0.25, 0.3) is 0 Å². The van der Waals surface area contributed by atoms with Crippen LogP contribution in [-0.2, 0) is 19.1 Å². The van der Waals surface area contributed by atoms with Gasteiger partial charge < -0.3 is 5.11 Å². The molecule has 17 heavy (non-hydrogen) atoms. The summed E-state index contributed by atoms with van der Waals surface area (Å²) in [4.78, 5) is 0. The van der Waals surface area contributed by atoms with Crippen LogP contribution in [0.4, 0.5) is 0 Å². The van der Waals surface area contributed by atoms with Gasteiger partial charge in [0.05, 0.1) is 5.69 Å². The molecule has 2 aromatic rings. The molecule has 1 heterocycles. The fourth-order valence-corrected chi connectivity index (χ4v) is 2.06. The molecule has 0 aliphatic rings. The molecule has 0 amide bonds. The highest BCUT2D eigenvalue weighted by molar-refractivity contribution is 9.10. The molecule has 0 radical (unpaired) electrons. The predicted molar refractivity (Wildman–Crippen MR) is 70.6 cm³/mol. The smallest absolute Gasteiger partial charge is 0.110 e. The van der Waals surface area contributed by atoms with E-state index in [1.165, 1.54) is 0 Å². The van der Waals surface area contributed by atoms with Crippen molar-refractivity contribution in [2.45, 2.75) is 18.9 Å². The molecule has 0 fully saturated rings. The van der Waals surface area contributed by atoms with E-state index in [4.69, 9.17) is 0 Å². The van der Waals surface area contributed by atoms with Crippen molar-refractivity contribution in [2.24, 2.45) is 7.05 Å². The van der Waals surface area contributed by atoms with Gasteiger partial charge in [-0.25, -0.2) is 0 Å². The minimum atomic E-state index is -0.935. The number of aromatic nitrogens is 2. The van der Waals surface area contributed by atoms with Crippen molar-refractivity contribution in [1.82, 2.24) is 9.78 Å². The Hall–Kier alpha value is -1.13. The first-order valence-electron chi connectivity index (χ1n) is 5.44. The van der Waals surface area contributed by atoms with Gasteiger partial charge in [0.1, 0.15) is 5.60 Å². The van der Waals surface area contributed by atoms with Gasteiger partial charge in [0.2, 0.25) is 0 Å². The molecule has 1 aromatic heterocycles. The van der Waals surface area contributed by atoms with Gasteiger partial charge in [-0.3, -0.25) is 4.68 Å². The molecular formula is C13H15BrN2O. The first-order chi connectivity index (χ1) is 7.97. The Morgan fingerprint density at radius 3 is 2.47 bits per heavy atom. The van der Waals surface area contributed by atoms with E-state index >= 15 is 0 Å². The van der Waals surface area contributed by atoms with Crippen LogP contribution >= 0.6 is 15.9 Å². The third-order valence-corrected chi connectivity index (χ3v) is 3.26. The summed E-state index contributed by atoms with van der Waals surface area (Å²) >= 11 is 3.40. The van der Waals surface area contributed by atoms with E-state index in [0.717, 1.165) is 10.0 Å². The molecule has 90 valence electrons. The summed E-state index contributed by atoms with van der Waals surface area (Å²) < 4.78 is 2.74. The average molecular weight is 295 g/mol. The van der Waals surface area contributed by atoms with Crippen molar-refractivity contribution >= 4 is 15.9 Å². The number of aryl methyl sites for hydroxylation is 1. The van der Waals surface area contributed by atoms with Crippen LogP contribution in [0.3, 0.4) is 0 Å². The summed E-state index contributed by atoms with van der Waals surface area (Å²) in [6.07, 6.45) is 2.39. The fraction of sp³-hybridized carbons (Fsp3) is 0.308. The number of hydrogen-bond acceptors (Lipinski definition) is 2. The first-order valence-corrected chi connectivity index (χ1v) is 6.24. The summed E-state index contributed by atoms with van der Waals surface area (Å²) in [6.45, 7) is 1.79. The number of hydrogen-bond donors (Lipinski definition) is 1. The standard InChI is InChI=1S/C13H15BrN2O/c1-13(17,12-7-8-16(2)15-12)9-10-3-5-11(14)6-4-10/h3-8,17H,9H2,1-2H3. The van der Waals surface area contributed by atoms with Crippen molar-refractivity contribution < 1.29 is 5.11 Å². The lowest BCUT2D eigenvalue weighted by Crippen LogP contribution is -2.25. The molecule has 0 aliphatic carbocycles. The Morgan fingerprint density at radius 2 is 1.94 bits per heavy atom. The normalized spacial score (nSPS) is 14.6. The summed E-state index contributed by atoms with van der Waals surface area (Å²) in [6, 6.07) is 9.80. The maximum atomic E-state index is 10.4. The monoisotopic (exact) mass is 294 g/mol. The third-order valence-electron chi connectivity index (χ3n) is 2.73. The molecule has 1 atom stereocenters. The molecule has 2 rings (SSSR count). The first kappa shape index (κ1) is 12.3. The van der Waals surface area contributed by atoms with Gasteiger partial charge in [0, 0.05) is 24.1 Å². The van der Waals surface area contributed by atoms with Crippen LogP contribution in [0.25, 0.3) is 0 Å². The van der Waals surface area contributed by atoms with Crippen LogP contribution in [0.15, 0.2) is 41.0 Å². The molecule has 0 aliphatic heterocycles. The van der Waals surface area contributed by atoms with Gasteiger partial charge in [-0.15, -0.1) is 0 Å². The van der Waals surface area contributed by atoms with Gasteiger partial charge in [-0.1, -0.05) is 28.1 Å². The Labute approximate surface area is 109 Å². The van der Waals surface area contributed by atoms with Crippen molar-refractivity contribution in [1.29, 1.82) is 0 Å². The zero-order valence-electron chi connectivity index (χ0n) is 9.89. The van der Waals surface area contributed by atoms with Crippen LogP contribution < -0.4 is 0 Å². The zero-order chi connectivity index (χ0) is 12.5. The van der Waals surface area contributed by atoms with Crippen molar-refractivity contribution in [3.8, 4) is 0 Å². The van der Waals surface area contributed by atoms with Crippen molar-refractivity contribution in [2.75, 3.05) is 0 Å². The summed E-state index contributed by atoms with van der Waals surface area (Å²) in [5.41, 5.74) is 0.849. The summed E-state index contributed by atoms with van der Waals surface area (Å²) in [5.74, 6) is 0. The minimum Gasteiger partial charge on any atom is -0.383 e. The molecule has 1 aromatic carbocycles. The van der Waals surface area contributed by atoms with E-state index in [1.807, 2.05) is 43.6 Å². The predicted octanol–water partition coefficient (Wildman–Crippen LogP) is 2.63. The van der Waals surface area contributed by atoms with Gasteiger partial charge >= 0.3 is 0 Å². The second-order valence-electron chi connectivity index (χ2n) is 4.45. The number of nitrogens with zero attached hydrogens (tertiary/aromatic N) is 2. The molecular weight excluding hydrogens is 280 g/mol. The number of aliphatic hydroxyl groups is 1. The molecule has 4 heteroatoms. The molecule has 1 N–H and O–H groups in total. The van der Waals surface area contributed by atoms with E-state index in [2.05, 4.69) is 21.0 Å². The third kappa shape index (κ3) is 2.96. The molecule has 3 nitrogen and oxygen atoms in total. The van der Waals surface area contributed by atoms with Gasteiger partial charge in [0.15, 0.2) is 0 Å². The molecule has 0 spiro atoms. The highest BCUT2D eigenvalue weighted by atomic mass is 79.9. The number of halogens is 1. The van der Waals surface area contributed by atoms with Crippen molar-refractivity contribution in [3.05, 3.63) is 52.3 Å². The molecule has 0 saturated heterocycles. The maximum absolute atomic E-state index is 10.4. The SMILES string of the molecule is Cn1ccc(C(C)(O)Cc2ccc(Br)cc2)n1. The van der Waals surface area contributed by atoms with E-state index in [9.17, 15) is 5.11 Å². The fourth-order valence-electron chi connectivity index (χ4n) is 1.79. The zero-order valence-corrected chi connectivity index (χ0v) is 11.5. The number of rotatable bonds is 3.